The van der Waals surface area contributed by atoms with Gasteiger partial charge in [-0.05, 0) is 38.0 Å². The molecule has 110 valence electrons. The first kappa shape index (κ1) is 14.7. The summed E-state index contributed by atoms with van der Waals surface area (Å²) in [5.41, 5.74) is 7.04. The number of carbonyl (C=O) groups excluding carboxylic acids is 1. The molecule has 1 aliphatic carbocycles. The molecular weight excluding hydrogens is 252 g/mol. The van der Waals surface area contributed by atoms with Gasteiger partial charge in [-0.25, -0.2) is 0 Å². The zero-order valence-corrected chi connectivity index (χ0v) is 12.4. The summed E-state index contributed by atoms with van der Waals surface area (Å²) < 4.78 is 5.19. The number of nitrogens with two attached hydrogens (primary N) is 1. The largest absolute Gasteiger partial charge is 0.497 e. The number of anilines is 1. The van der Waals surface area contributed by atoms with E-state index in [-0.39, 0.29) is 5.91 Å². The lowest BCUT2D eigenvalue weighted by Crippen LogP contribution is -2.41. The summed E-state index contributed by atoms with van der Waals surface area (Å²) in [5, 5.41) is 0. The number of amides is 1. The molecule has 1 saturated carbocycles. The fraction of sp³-hybridized carbons (Fsp3) is 0.562. The number of rotatable bonds is 4. The molecule has 1 aromatic carbocycles. The van der Waals surface area contributed by atoms with Crippen molar-refractivity contribution in [3.05, 3.63) is 23.8 Å². The van der Waals surface area contributed by atoms with E-state index in [4.69, 9.17) is 10.5 Å². The van der Waals surface area contributed by atoms with E-state index in [2.05, 4.69) is 0 Å². The van der Waals surface area contributed by atoms with E-state index in [0.29, 0.717) is 23.0 Å². The van der Waals surface area contributed by atoms with Crippen molar-refractivity contribution in [1.82, 2.24) is 4.90 Å². The molecule has 1 aromatic rings. The average molecular weight is 276 g/mol. The normalized spacial score (nSPS) is 15.9. The van der Waals surface area contributed by atoms with E-state index in [1.165, 1.54) is 19.3 Å². The Morgan fingerprint density at radius 1 is 1.35 bits per heavy atom. The molecule has 0 bridgehead atoms. The van der Waals surface area contributed by atoms with Gasteiger partial charge >= 0.3 is 0 Å². The van der Waals surface area contributed by atoms with E-state index in [9.17, 15) is 4.79 Å². The number of methoxy groups -OCH3 is 1. The predicted octanol–water partition coefficient (Wildman–Crippen LogP) is 3.07. The fourth-order valence-electron chi connectivity index (χ4n) is 2.96. The number of nitrogens with zero attached hydrogens (tertiary/aromatic N) is 1. The van der Waals surface area contributed by atoms with Crippen molar-refractivity contribution in [3.8, 4) is 5.75 Å². The van der Waals surface area contributed by atoms with Crippen molar-refractivity contribution < 1.29 is 9.53 Å². The first-order chi connectivity index (χ1) is 9.67. The van der Waals surface area contributed by atoms with E-state index in [1.807, 2.05) is 11.8 Å². The highest BCUT2D eigenvalue weighted by atomic mass is 16.5. The average Bonchev–Trinajstić information content (AvgIpc) is 2.49. The Bertz CT molecular complexity index is 468. The van der Waals surface area contributed by atoms with E-state index in [1.54, 1.807) is 25.3 Å². The van der Waals surface area contributed by atoms with Crippen LogP contribution in [0.1, 0.15) is 49.4 Å². The molecule has 0 saturated heterocycles. The fourth-order valence-corrected chi connectivity index (χ4v) is 2.96. The molecule has 0 unspecified atom stereocenters. The van der Waals surface area contributed by atoms with Crippen LogP contribution in [0.25, 0.3) is 0 Å². The predicted molar refractivity (Wildman–Crippen MR) is 81.0 cm³/mol. The van der Waals surface area contributed by atoms with Gasteiger partial charge < -0.3 is 15.4 Å². The summed E-state index contributed by atoms with van der Waals surface area (Å²) in [6, 6.07) is 5.61. The van der Waals surface area contributed by atoms with Crippen LogP contribution in [-0.4, -0.2) is 30.5 Å². The van der Waals surface area contributed by atoms with E-state index < -0.39 is 0 Å². The molecule has 4 heteroatoms. The topological polar surface area (TPSA) is 55.6 Å². The molecule has 1 aliphatic rings. The standard InChI is InChI=1S/C16H24N2O2/c1-3-18(12-7-5-4-6-8-12)16(19)14-11-13(20-2)9-10-15(14)17/h9-12H,3-8,17H2,1-2H3. The van der Waals surface area contributed by atoms with Crippen molar-refractivity contribution in [1.29, 1.82) is 0 Å². The maximum absolute atomic E-state index is 12.8. The second-order valence-electron chi connectivity index (χ2n) is 5.34. The molecule has 0 aromatic heterocycles. The molecule has 20 heavy (non-hydrogen) atoms. The Balaban J connectivity index is 2.23. The van der Waals surface area contributed by atoms with Crippen LogP contribution in [0.3, 0.4) is 0 Å². The Hall–Kier alpha value is -1.71. The third-order valence-electron chi connectivity index (χ3n) is 4.11. The Labute approximate surface area is 120 Å². The van der Waals surface area contributed by atoms with Crippen molar-refractivity contribution in [3.63, 3.8) is 0 Å². The van der Waals surface area contributed by atoms with Crippen LogP contribution in [-0.2, 0) is 0 Å². The minimum absolute atomic E-state index is 0.0239. The monoisotopic (exact) mass is 276 g/mol. The smallest absolute Gasteiger partial charge is 0.256 e. The summed E-state index contributed by atoms with van der Waals surface area (Å²) in [4.78, 5) is 14.7. The van der Waals surface area contributed by atoms with Crippen molar-refractivity contribution in [2.24, 2.45) is 0 Å². The van der Waals surface area contributed by atoms with Crippen LogP contribution in [0.2, 0.25) is 0 Å². The third kappa shape index (κ3) is 3.06. The lowest BCUT2D eigenvalue weighted by molar-refractivity contribution is 0.0648. The van der Waals surface area contributed by atoms with Crippen LogP contribution < -0.4 is 10.5 Å². The van der Waals surface area contributed by atoms with Gasteiger partial charge in [-0.3, -0.25) is 4.79 Å². The highest BCUT2D eigenvalue weighted by Gasteiger charge is 2.26. The number of ether oxygens (including phenoxy) is 1. The summed E-state index contributed by atoms with van der Waals surface area (Å²) in [5.74, 6) is 0.693. The minimum atomic E-state index is 0.0239. The molecule has 0 spiro atoms. The number of nitrogen functional groups attached to an aromatic ring is 1. The molecule has 2 N–H and O–H groups in total. The molecule has 0 atom stereocenters. The zero-order chi connectivity index (χ0) is 14.5. The third-order valence-corrected chi connectivity index (χ3v) is 4.11. The van der Waals surface area contributed by atoms with Gasteiger partial charge in [0.1, 0.15) is 5.75 Å². The van der Waals surface area contributed by atoms with Gasteiger partial charge in [0.15, 0.2) is 0 Å². The highest BCUT2D eigenvalue weighted by molar-refractivity contribution is 5.99. The summed E-state index contributed by atoms with van der Waals surface area (Å²) in [6.07, 6.45) is 5.90. The maximum atomic E-state index is 12.8. The van der Waals surface area contributed by atoms with E-state index in [0.717, 1.165) is 19.4 Å². The number of hydrogen-bond donors (Lipinski definition) is 1. The van der Waals surface area contributed by atoms with Crippen LogP contribution >= 0.6 is 0 Å². The SMILES string of the molecule is CCN(C(=O)c1cc(OC)ccc1N)C1CCCCC1. The number of carbonyl (C=O) groups is 1. The summed E-state index contributed by atoms with van der Waals surface area (Å²) in [7, 11) is 1.60. The first-order valence-corrected chi connectivity index (χ1v) is 7.41. The summed E-state index contributed by atoms with van der Waals surface area (Å²) >= 11 is 0. The second kappa shape index (κ2) is 6.64. The van der Waals surface area contributed by atoms with Crippen molar-refractivity contribution in [2.45, 2.75) is 45.1 Å². The van der Waals surface area contributed by atoms with Gasteiger partial charge in [0.25, 0.3) is 5.91 Å². The highest BCUT2D eigenvalue weighted by Crippen LogP contribution is 2.26. The first-order valence-electron chi connectivity index (χ1n) is 7.41. The van der Waals surface area contributed by atoms with Crippen LogP contribution in [0.5, 0.6) is 5.75 Å². The van der Waals surface area contributed by atoms with Gasteiger partial charge in [-0.1, -0.05) is 19.3 Å². The lowest BCUT2D eigenvalue weighted by Gasteiger charge is -2.34. The van der Waals surface area contributed by atoms with Gasteiger partial charge in [-0.2, -0.15) is 0 Å². The van der Waals surface area contributed by atoms with Gasteiger partial charge in [-0.15, -0.1) is 0 Å². The molecule has 2 rings (SSSR count). The quantitative estimate of drug-likeness (QED) is 0.860. The Morgan fingerprint density at radius 3 is 2.65 bits per heavy atom. The Kier molecular flexibility index (Phi) is 4.88. The van der Waals surface area contributed by atoms with Crippen LogP contribution in [0, 0.1) is 0 Å². The molecule has 0 aliphatic heterocycles. The molecule has 1 fully saturated rings. The molecule has 0 heterocycles. The van der Waals surface area contributed by atoms with Crippen LogP contribution in [0.15, 0.2) is 18.2 Å². The maximum Gasteiger partial charge on any atom is 0.256 e. The molecule has 0 radical (unpaired) electrons. The van der Waals surface area contributed by atoms with Crippen molar-refractivity contribution >= 4 is 11.6 Å². The Morgan fingerprint density at radius 2 is 2.05 bits per heavy atom. The van der Waals surface area contributed by atoms with Gasteiger partial charge in [0.05, 0.1) is 12.7 Å². The number of hydrogen-bond acceptors (Lipinski definition) is 3. The molecular formula is C16H24N2O2. The minimum Gasteiger partial charge on any atom is -0.497 e. The summed E-state index contributed by atoms with van der Waals surface area (Å²) in [6.45, 7) is 2.75. The van der Waals surface area contributed by atoms with Gasteiger partial charge in [0, 0.05) is 18.3 Å². The molecule has 1 amide bonds. The lowest BCUT2D eigenvalue weighted by atomic mass is 9.93. The van der Waals surface area contributed by atoms with Gasteiger partial charge in [0.2, 0.25) is 0 Å². The number of benzene rings is 1. The van der Waals surface area contributed by atoms with Crippen LogP contribution in [0.4, 0.5) is 5.69 Å². The second-order valence-corrected chi connectivity index (χ2v) is 5.34. The molecule has 4 nitrogen and oxygen atoms in total. The zero-order valence-electron chi connectivity index (χ0n) is 12.4. The van der Waals surface area contributed by atoms with Crippen molar-refractivity contribution in [2.75, 3.05) is 19.4 Å². The van der Waals surface area contributed by atoms with E-state index >= 15 is 0 Å².